The molecule has 0 amide bonds. The van der Waals surface area contributed by atoms with E-state index in [1.807, 2.05) is 48.5 Å². The van der Waals surface area contributed by atoms with Gasteiger partial charge in [-0.2, -0.15) is 0 Å². The number of carbonyl (C=O) groups excluding carboxylic acids is 2. The maximum Gasteiger partial charge on any atom is 0.328 e. The third kappa shape index (κ3) is 2.49. The molecular weight excluding hydrogens is 372 g/mol. The van der Waals surface area contributed by atoms with Crippen molar-refractivity contribution in [3.05, 3.63) is 59.7 Å². The highest BCUT2D eigenvalue weighted by molar-refractivity contribution is 8.78. The van der Waals surface area contributed by atoms with Crippen LogP contribution in [0.4, 0.5) is 0 Å². The van der Waals surface area contributed by atoms with Crippen LogP contribution in [0.15, 0.2) is 48.5 Å². The van der Waals surface area contributed by atoms with Gasteiger partial charge in [0.05, 0.1) is 19.0 Å². The van der Waals surface area contributed by atoms with Gasteiger partial charge in [0.1, 0.15) is 22.7 Å². The number of hydrogen-bond acceptors (Lipinski definition) is 7. The number of benzene rings is 2. The van der Waals surface area contributed by atoms with Crippen LogP contribution in [0.3, 0.4) is 0 Å². The van der Waals surface area contributed by atoms with Gasteiger partial charge >= 0.3 is 11.9 Å². The molecule has 0 aromatic heterocycles. The van der Waals surface area contributed by atoms with Crippen molar-refractivity contribution >= 4 is 33.5 Å². The number of ether oxygens (including phenoxy) is 3. The SMILES string of the molecule is COc1ccc(C2(c3ccc(OC)cc3)SSC3C(=O)OC(=O)C32)cc1. The second-order valence-electron chi connectivity index (χ2n) is 6.01. The molecule has 2 aliphatic heterocycles. The molecule has 2 aromatic carbocycles. The van der Waals surface area contributed by atoms with Crippen molar-refractivity contribution in [3.63, 3.8) is 0 Å². The molecule has 0 N–H and O–H groups in total. The summed E-state index contributed by atoms with van der Waals surface area (Å²) in [6, 6.07) is 15.2. The molecular formula is C19H16O5S2. The lowest BCUT2D eigenvalue weighted by molar-refractivity contribution is -0.153. The molecule has 0 bridgehead atoms. The molecule has 2 atom stereocenters. The average molecular weight is 388 g/mol. The van der Waals surface area contributed by atoms with Gasteiger partial charge in [0.15, 0.2) is 0 Å². The van der Waals surface area contributed by atoms with Crippen LogP contribution in [-0.4, -0.2) is 31.4 Å². The summed E-state index contributed by atoms with van der Waals surface area (Å²) in [5.41, 5.74) is 1.86. The molecule has 0 aliphatic carbocycles. The molecule has 26 heavy (non-hydrogen) atoms. The predicted molar refractivity (Wildman–Crippen MR) is 100 cm³/mol. The fraction of sp³-hybridized carbons (Fsp3) is 0.263. The van der Waals surface area contributed by atoms with Crippen LogP contribution in [0.5, 0.6) is 11.5 Å². The van der Waals surface area contributed by atoms with Crippen molar-refractivity contribution in [3.8, 4) is 11.5 Å². The Morgan fingerprint density at radius 3 is 1.81 bits per heavy atom. The van der Waals surface area contributed by atoms with E-state index in [1.165, 1.54) is 21.6 Å². The van der Waals surface area contributed by atoms with Crippen LogP contribution in [0, 0.1) is 5.92 Å². The largest absolute Gasteiger partial charge is 0.497 e. The first-order valence-electron chi connectivity index (χ1n) is 7.99. The summed E-state index contributed by atoms with van der Waals surface area (Å²) in [7, 11) is 6.15. The Hall–Kier alpha value is -2.12. The fourth-order valence-electron chi connectivity index (χ4n) is 3.43. The number of cyclic esters (lactones) is 2. The summed E-state index contributed by atoms with van der Waals surface area (Å²) in [5, 5.41) is -0.503. The second-order valence-corrected chi connectivity index (χ2v) is 8.60. The first-order valence-corrected chi connectivity index (χ1v) is 10.2. The highest BCUT2D eigenvalue weighted by Crippen LogP contribution is 2.65. The molecule has 2 aliphatic rings. The minimum Gasteiger partial charge on any atom is -0.497 e. The monoisotopic (exact) mass is 388 g/mol. The predicted octanol–water partition coefficient (Wildman–Crippen LogP) is 3.41. The van der Waals surface area contributed by atoms with Gasteiger partial charge in [-0.25, -0.2) is 0 Å². The third-order valence-corrected chi connectivity index (χ3v) is 8.20. The fourth-order valence-corrected chi connectivity index (χ4v) is 7.35. The normalized spacial score (nSPS) is 23.5. The molecule has 0 radical (unpaired) electrons. The summed E-state index contributed by atoms with van der Waals surface area (Å²) in [6.45, 7) is 0. The van der Waals surface area contributed by atoms with Crippen molar-refractivity contribution in [2.75, 3.05) is 14.2 Å². The molecule has 2 unspecified atom stereocenters. The zero-order valence-electron chi connectivity index (χ0n) is 14.1. The van der Waals surface area contributed by atoms with Crippen LogP contribution >= 0.6 is 21.6 Å². The molecule has 134 valence electrons. The van der Waals surface area contributed by atoms with Gasteiger partial charge in [-0.15, -0.1) is 0 Å². The molecule has 4 rings (SSSR count). The van der Waals surface area contributed by atoms with Gasteiger partial charge in [-0.1, -0.05) is 45.9 Å². The first kappa shape index (κ1) is 17.3. The van der Waals surface area contributed by atoms with E-state index in [4.69, 9.17) is 14.2 Å². The summed E-state index contributed by atoms with van der Waals surface area (Å²) in [5.74, 6) is -0.0378. The average Bonchev–Trinajstić information content (AvgIpc) is 3.22. The number of fused-ring (bicyclic) bond motifs is 1. The summed E-state index contributed by atoms with van der Waals surface area (Å²) < 4.78 is 14.7. The quantitative estimate of drug-likeness (QED) is 0.452. The minimum absolute atomic E-state index is 0.457. The first-order chi connectivity index (χ1) is 12.6. The number of esters is 2. The molecule has 7 heteroatoms. The van der Waals surface area contributed by atoms with Crippen molar-refractivity contribution in [1.29, 1.82) is 0 Å². The molecule has 2 aromatic rings. The number of rotatable bonds is 4. The molecule has 0 saturated carbocycles. The lowest BCUT2D eigenvalue weighted by atomic mass is 9.78. The van der Waals surface area contributed by atoms with Gasteiger partial charge in [0.2, 0.25) is 0 Å². The van der Waals surface area contributed by atoms with Crippen molar-refractivity contribution in [1.82, 2.24) is 0 Å². The van der Waals surface area contributed by atoms with E-state index < -0.39 is 27.9 Å². The number of hydrogen-bond donors (Lipinski definition) is 0. The van der Waals surface area contributed by atoms with E-state index in [0.29, 0.717) is 0 Å². The maximum absolute atomic E-state index is 12.6. The highest BCUT2D eigenvalue weighted by Gasteiger charge is 2.63. The van der Waals surface area contributed by atoms with E-state index in [-0.39, 0.29) is 0 Å². The van der Waals surface area contributed by atoms with Crippen molar-refractivity contribution in [2.45, 2.75) is 10.00 Å². The Balaban J connectivity index is 1.88. The topological polar surface area (TPSA) is 61.8 Å². The Labute approximate surface area is 158 Å². The Morgan fingerprint density at radius 2 is 1.35 bits per heavy atom. The zero-order chi connectivity index (χ0) is 18.3. The Bertz CT molecular complexity index is 800. The Kier molecular flexibility index (Phi) is 4.36. The van der Waals surface area contributed by atoms with E-state index in [1.54, 1.807) is 14.2 Å². The van der Waals surface area contributed by atoms with Gasteiger partial charge < -0.3 is 14.2 Å². The smallest absolute Gasteiger partial charge is 0.328 e. The Morgan fingerprint density at radius 1 is 0.846 bits per heavy atom. The summed E-state index contributed by atoms with van der Waals surface area (Å²) in [6.07, 6.45) is 0. The van der Waals surface area contributed by atoms with Crippen molar-refractivity contribution < 1.29 is 23.8 Å². The molecule has 2 heterocycles. The van der Waals surface area contributed by atoms with E-state index in [2.05, 4.69) is 0 Å². The number of carbonyl (C=O) groups is 2. The van der Waals surface area contributed by atoms with E-state index >= 15 is 0 Å². The van der Waals surface area contributed by atoms with Crippen LogP contribution < -0.4 is 9.47 Å². The van der Waals surface area contributed by atoms with Gasteiger partial charge in [-0.05, 0) is 35.4 Å². The maximum atomic E-state index is 12.6. The van der Waals surface area contributed by atoms with E-state index in [9.17, 15) is 9.59 Å². The molecule has 2 fully saturated rings. The molecule has 0 spiro atoms. The molecule has 2 saturated heterocycles. The van der Waals surface area contributed by atoms with Crippen LogP contribution in [0.2, 0.25) is 0 Å². The third-order valence-electron chi connectivity index (χ3n) is 4.75. The second kappa shape index (κ2) is 6.55. The molecule has 5 nitrogen and oxygen atoms in total. The lowest BCUT2D eigenvalue weighted by Crippen LogP contribution is -2.36. The standard InChI is InChI=1S/C19H16O5S2/c1-22-13-7-3-11(4-8-13)19(12-5-9-14(23-2)10-6-12)15-16(25-26-19)18(21)24-17(15)20/h3-10,15-16H,1-2H3. The van der Waals surface area contributed by atoms with Gasteiger partial charge in [0.25, 0.3) is 0 Å². The lowest BCUT2D eigenvalue weighted by Gasteiger charge is -2.32. The van der Waals surface area contributed by atoms with Crippen LogP contribution in [0.1, 0.15) is 11.1 Å². The van der Waals surface area contributed by atoms with Crippen molar-refractivity contribution in [2.24, 2.45) is 5.92 Å². The summed E-state index contributed by atoms with van der Waals surface area (Å²) in [4.78, 5) is 24.7. The van der Waals surface area contributed by atoms with Gasteiger partial charge in [-0.3, -0.25) is 9.59 Å². The number of methoxy groups -OCH3 is 2. The highest BCUT2D eigenvalue weighted by atomic mass is 33.1. The van der Waals surface area contributed by atoms with E-state index in [0.717, 1.165) is 22.6 Å². The van der Waals surface area contributed by atoms with Crippen LogP contribution in [0.25, 0.3) is 0 Å². The summed E-state index contributed by atoms with van der Waals surface area (Å²) >= 11 is 0. The minimum atomic E-state index is -0.711. The zero-order valence-corrected chi connectivity index (χ0v) is 15.8. The van der Waals surface area contributed by atoms with Gasteiger partial charge in [0, 0.05) is 0 Å². The van der Waals surface area contributed by atoms with Crippen LogP contribution in [-0.2, 0) is 19.1 Å².